The van der Waals surface area contributed by atoms with Crippen LogP contribution in [0.15, 0.2) is 28.8 Å². The molecule has 0 aliphatic carbocycles. The average molecular weight is 346 g/mol. The number of aromatic nitrogens is 1. The Morgan fingerprint density at radius 3 is 2.92 bits per heavy atom. The van der Waals surface area contributed by atoms with Crippen molar-refractivity contribution in [2.24, 2.45) is 0 Å². The standard InChI is InChI=1S/C18H22N2O5/c1-12-8-15(20-25-12)18(21)19-10-13-5-6-16(17(9-13)22-2)24-11-14-4-3-7-23-14/h5-6,8-9,14H,3-4,7,10-11H2,1-2H3,(H,19,21). The summed E-state index contributed by atoms with van der Waals surface area (Å²) < 4.78 is 21.7. The Bertz CT molecular complexity index is 722. The van der Waals surface area contributed by atoms with Crippen molar-refractivity contribution < 1.29 is 23.5 Å². The molecule has 0 spiro atoms. The first-order valence-electron chi connectivity index (χ1n) is 8.28. The maximum Gasteiger partial charge on any atom is 0.273 e. The predicted molar refractivity (Wildman–Crippen MR) is 89.9 cm³/mol. The van der Waals surface area contributed by atoms with E-state index in [4.69, 9.17) is 18.7 Å². The summed E-state index contributed by atoms with van der Waals surface area (Å²) in [5.41, 5.74) is 1.16. The molecule has 2 heterocycles. The molecule has 1 atom stereocenters. The zero-order chi connectivity index (χ0) is 17.6. The van der Waals surface area contributed by atoms with Gasteiger partial charge >= 0.3 is 0 Å². The molecule has 0 bridgehead atoms. The van der Waals surface area contributed by atoms with Crippen molar-refractivity contribution in [2.75, 3.05) is 20.3 Å². The summed E-state index contributed by atoms with van der Waals surface area (Å²) in [6, 6.07) is 7.17. The van der Waals surface area contributed by atoms with Crippen LogP contribution in [0.1, 0.15) is 34.7 Å². The lowest BCUT2D eigenvalue weighted by molar-refractivity contribution is 0.0669. The summed E-state index contributed by atoms with van der Waals surface area (Å²) in [4.78, 5) is 12.0. The molecular weight excluding hydrogens is 324 g/mol. The van der Waals surface area contributed by atoms with E-state index in [0.29, 0.717) is 30.4 Å². The number of hydrogen-bond donors (Lipinski definition) is 1. The number of methoxy groups -OCH3 is 1. The number of hydrogen-bond acceptors (Lipinski definition) is 6. The van der Waals surface area contributed by atoms with Crippen LogP contribution in [0.25, 0.3) is 0 Å². The molecule has 25 heavy (non-hydrogen) atoms. The first kappa shape index (κ1) is 17.3. The number of aryl methyl sites for hydroxylation is 1. The maximum absolute atomic E-state index is 12.0. The van der Waals surface area contributed by atoms with Crippen molar-refractivity contribution in [1.29, 1.82) is 0 Å². The van der Waals surface area contributed by atoms with E-state index in [9.17, 15) is 4.79 Å². The SMILES string of the molecule is COc1cc(CNC(=O)c2cc(C)on2)ccc1OCC1CCCO1. The molecule has 0 radical (unpaired) electrons. The van der Waals surface area contributed by atoms with Gasteiger partial charge in [0, 0.05) is 19.2 Å². The number of amides is 1. The van der Waals surface area contributed by atoms with Crippen molar-refractivity contribution in [1.82, 2.24) is 10.5 Å². The third kappa shape index (κ3) is 4.51. The maximum atomic E-state index is 12.0. The van der Waals surface area contributed by atoms with Gasteiger partial charge in [0.25, 0.3) is 5.91 Å². The van der Waals surface area contributed by atoms with Crippen LogP contribution in [0.5, 0.6) is 11.5 Å². The highest BCUT2D eigenvalue weighted by Crippen LogP contribution is 2.29. The number of carbonyl (C=O) groups excluding carboxylic acids is 1. The van der Waals surface area contributed by atoms with Gasteiger partial charge in [0.05, 0.1) is 13.2 Å². The van der Waals surface area contributed by atoms with E-state index in [1.807, 2.05) is 18.2 Å². The van der Waals surface area contributed by atoms with E-state index in [1.54, 1.807) is 20.1 Å². The van der Waals surface area contributed by atoms with Gasteiger partial charge in [-0.2, -0.15) is 0 Å². The normalized spacial score (nSPS) is 16.6. The second-order valence-electron chi connectivity index (χ2n) is 5.94. The summed E-state index contributed by atoms with van der Waals surface area (Å²) >= 11 is 0. The number of ether oxygens (including phenoxy) is 3. The lowest BCUT2D eigenvalue weighted by atomic mass is 10.2. The Morgan fingerprint density at radius 1 is 1.36 bits per heavy atom. The van der Waals surface area contributed by atoms with Gasteiger partial charge in [-0.25, -0.2) is 0 Å². The Labute approximate surface area is 146 Å². The second-order valence-corrected chi connectivity index (χ2v) is 5.94. The van der Waals surface area contributed by atoms with E-state index < -0.39 is 0 Å². The molecule has 1 saturated heterocycles. The molecule has 7 nitrogen and oxygen atoms in total. The Balaban J connectivity index is 1.57. The molecule has 2 aromatic rings. The van der Waals surface area contributed by atoms with E-state index in [1.165, 1.54) is 0 Å². The van der Waals surface area contributed by atoms with Crippen LogP contribution in [0, 0.1) is 6.92 Å². The predicted octanol–water partition coefficient (Wildman–Crippen LogP) is 2.48. The molecule has 0 saturated carbocycles. The largest absolute Gasteiger partial charge is 0.493 e. The van der Waals surface area contributed by atoms with Gasteiger partial charge in [-0.1, -0.05) is 11.2 Å². The number of nitrogens with one attached hydrogen (secondary N) is 1. The lowest BCUT2D eigenvalue weighted by Crippen LogP contribution is -2.23. The minimum Gasteiger partial charge on any atom is -0.493 e. The molecule has 134 valence electrons. The van der Waals surface area contributed by atoms with Gasteiger partial charge in [-0.15, -0.1) is 0 Å². The van der Waals surface area contributed by atoms with Gasteiger partial charge in [0.15, 0.2) is 17.2 Å². The van der Waals surface area contributed by atoms with Crippen molar-refractivity contribution >= 4 is 5.91 Å². The molecule has 7 heteroatoms. The summed E-state index contributed by atoms with van der Waals surface area (Å²) in [7, 11) is 1.59. The van der Waals surface area contributed by atoms with Gasteiger partial charge < -0.3 is 24.1 Å². The quantitative estimate of drug-likeness (QED) is 0.829. The minimum atomic E-state index is -0.283. The van der Waals surface area contributed by atoms with Crippen LogP contribution < -0.4 is 14.8 Å². The molecule has 1 N–H and O–H groups in total. The van der Waals surface area contributed by atoms with Gasteiger partial charge in [0.1, 0.15) is 12.4 Å². The number of benzene rings is 1. The van der Waals surface area contributed by atoms with Crippen LogP contribution in [0.3, 0.4) is 0 Å². The summed E-state index contributed by atoms with van der Waals surface area (Å²) in [5, 5.41) is 6.49. The topological polar surface area (TPSA) is 82.8 Å². The second kappa shape index (κ2) is 8.02. The summed E-state index contributed by atoms with van der Waals surface area (Å²) in [5.74, 6) is 1.61. The van der Waals surface area contributed by atoms with Crippen LogP contribution in [-0.2, 0) is 11.3 Å². The molecule has 1 fully saturated rings. The molecular formula is C18H22N2O5. The zero-order valence-electron chi connectivity index (χ0n) is 14.4. The number of nitrogens with zero attached hydrogens (tertiary/aromatic N) is 1. The highest BCUT2D eigenvalue weighted by Gasteiger charge is 2.17. The van der Waals surface area contributed by atoms with Crippen LogP contribution in [0.4, 0.5) is 0 Å². The van der Waals surface area contributed by atoms with Gasteiger partial charge in [-0.3, -0.25) is 4.79 Å². The molecule has 1 amide bonds. The molecule has 1 aliphatic heterocycles. The molecule has 1 aromatic carbocycles. The van der Waals surface area contributed by atoms with E-state index in [2.05, 4.69) is 10.5 Å². The van der Waals surface area contributed by atoms with Crippen molar-refractivity contribution in [3.63, 3.8) is 0 Å². The fourth-order valence-electron chi connectivity index (χ4n) is 2.65. The fraction of sp³-hybridized carbons (Fsp3) is 0.444. The summed E-state index contributed by atoms with van der Waals surface area (Å²) in [6.07, 6.45) is 2.25. The number of carbonyl (C=O) groups is 1. The van der Waals surface area contributed by atoms with E-state index in [-0.39, 0.29) is 17.7 Å². The highest BCUT2D eigenvalue weighted by molar-refractivity contribution is 5.92. The number of rotatable bonds is 7. The molecule has 1 aliphatic rings. The van der Waals surface area contributed by atoms with Crippen LogP contribution in [-0.4, -0.2) is 37.5 Å². The van der Waals surface area contributed by atoms with E-state index in [0.717, 1.165) is 25.0 Å². The summed E-state index contributed by atoms with van der Waals surface area (Å²) in [6.45, 7) is 3.41. The van der Waals surface area contributed by atoms with Crippen LogP contribution in [0.2, 0.25) is 0 Å². The third-order valence-electron chi connectivity index (χ3n) is 3.99. The van der Waals surface area contributed by atoms with E-state index >= 15 is 0 Å². The Hall–Kier alpha value is -2.54. The van der Waals surface area contributed by atoms with Gasteiger partial charge in [-0.05, 0) is 37.5 Å². The Kier molecular flexibility index (Phi) is 5.55. The van der Waals surface area contributed by atoms with Crippen molar-refractivity contribution in [3.8, 4) is 11.5 Å². The molecule has 1 aromatic heterocycles. The third-order valence-corrected chi connectivity index (χ3v) is 3.99. The van der Waals surface area contributed by atoms with Crippen molar-refractivity contribution in [3.05, 3.63) is 41.3 Å². The minimum absolute atomic E-state index is 0.148. The monoisotopic (exact) mass is 346 g/mol. The molecule has 3 rings (SSSR count). The van der Waals surface area contributed by atoms with Crippen LogP contribution >= 0.6 is 0 Å². The first-order valence-corrected chi connectivity index (χ1v) is 8.28. The first-order chi connectivity index (χ1) is 12.2. The molecule has 1 unspecified atom stereocenters. The average Bonchev–Trinajstić information content (AvgIpc) is 3.29. The smallest absolute Gasteiger partial charge is 0.273 e. The Morgan fingerprint density at radius 2 is 2.24 bits per heavy atom. The van der Waals surface area contributed by atoms with Gasteiger partial charge in [0.2, 0.25) is 0 Å². The zero-order valence-corrected chi connectivity index (χ0v) is 14.4. The lowest BCUT2D eigenvalue weighted by Gasteiger charge is -2.15. The van der Waals surface area contributed by atoms with Crippen molar-refractivity contribution in [2.45, 2.75) is 32.4 Å². The fourth-order valence-corrected chi connectivity index (χ4v) is 2.65. The highest BCUT2D eigenvalue weighted by atomic mass is 16.5.